The van der Waals surface area contributed by atoms with E-state index in [1.165, 1.54) is 43.8 Å². The lowest BCUT2D eigenvalue weighted by atomic mass is 9.94. The molecule has 0 unspecified atom stereocenters. The van der Waals surface area contributed by atoms with E-state index in [0.717, 1.165) is 26.2 Å². The van der Waals surface area contributed by atoms with Gasteiger partial charge in [0.05, 0.1) is 0 Å². The highest BCUT2D eigenvalue weighted by atomic mass is 32.1. The number of thiazole rings is 1. The molecule has 106 valence electrons. The van der Waals surface area contributed by atoms with Crippen molar-refractivity contribution >= 4 is 16.5 Å². The molecule has 19 heavy (non-hydrogen) atoms. The number of piperazine rings is 1. The number of rotatable bonds is 4. The van der Waals surface area contributed by atoms with E-state index in [1.807, 2.05) is 6.20 Å². The van der Waals surface area contributed by atoms with Gasteiger partial charge >= 0.3 is 0 Å². The van der Waals surface area contributed by atoms with Crippen molar-refractivity contribution in [1.82, 2.24) is 9.88 Å². The molecule has 2 heterocycles. The Bertz CT molecular complexity index is 378. The van der Waals surface area contributed by atoms with E-state index in [2.05, 4.69) is 20.2 Å². The van der Waals surface area contributed by atoms with Crippen molar-refractivity contribution in [3.05, 3.63) is 11.6 Å². The zero-order chi connectivity index (χ0) is 13.1. The summed E-state index contributed by atoms with van der Waals surface area (Å²) in [6.07, 6.45) is 8.18. The van der Waals surface area contributed by atoms with Crippen LogP contribution < -0.4 is 10.6 Å². The molecule has 1 aromatic rings. The molecule has 3 rings (SSSR count). The van der Waals surface area contributed by atoms with Gasteiger partial charge in [0, 0.05) is 49.8 Å². The van der Waals surface area contributed by atoms with Gasteiger partial charge in [0.1, 0.15) is 0 Å². The second kappa shape index (κ2) is 5.77. The highest BCUT2D eigenvalue weighted by molar-refractivity contribution is 7.13. The van der Waals surface area contributed by atoms with E-state index in [0.29, 0.717) is 0 Å². The monoisotopic (exact) mass is 280 g/mol. The Morgan fingerprint density at radius 3 is 2.58 bits per heavy atom. The highest BCUT2D eigenvalue weighted by Crippen LogP contribution is 2.30. The fourth-order valence-electron chi connectivity index (χ4n) is 3.24. The number of anilines is 1. The minimum Gasteiger partial charge on any atom is -0.346 e. The summed E-state index contributed by atoms with van der Waals surface area (Å²) in [6.45, 7) is 5.67. The summed E-state index contributed by atoms with van der Waals surface area (Å²) in [4.78, 5) is 9.36. The largest absolute Gasteiger partial charge is 0.346 e. The predicted octanol–water partition coefficient (Wildman–Crippen LogP) is 1.93. The van der Waals surface area contributed by atoms with Gasteiger partial charge in [-0.2, -0.15) is 0 Å². The Morgan fingerprint density at radius 1 is 1.21 bits per heavy atom. The second-order valence-electron chi connectivity index (χ2n) is 5.96. The van der Waals surface area contributed by atoms with Crippen molar-refractivity contribution in [2.24, 2.45) is 5.73 Å². The van der Waals surface area contributed by atoms with E-state index in [-0.39, 0.29) is 5.54 Å². The van der Waals surface area contributed by atoms with Crippen LogP contribution in [0.2, 0.25) is 0 Å². The standard InChI is InChI=1S/C14H24N4S/c15-14(3-1-2-4-14)5-7-17-8-10-18(11-9-17)13-16-6-12-19-13/h6,12H,1-5,7-11,15H2. The van der Waals surface area contributed by atoms with E-state index in [1.54, 1.807) is 11.3 Å². The molecule has 0 spiro atoms. The maximum Gasteiger partial charge on any atom is 0.185 e. The zero-order valence-corrected chi connectivity index (χ0v) is 12.4. The van der Waals surface area contributed by atoms with E-state index < -0.39 is 0 Å². The molecule has 1 aliphatic heterocycles. The first-order chi connectivity index (χ1) is 9.25. The molecular formula is C14H24N4S. The molecule has 0 aromatic carbocycles. The molecule has 5 heteroatoms. The van der Waals surface area contributed by atoms with Crippen LogP contribution >= 0.6 is 11.3 Å². The summed E-state index contributed by atoms with van der Waals surface area (Å²) in [5.41, 5.74) is 6.58. The van der Waals surface area contributed by atoms with Gasteiger partial charge in [0.25, 0.3) is 0 Å². The van der Waals surface area contributed by atoms with Gasteiger partial charge in [-0.1, -0.05) is 12.8 Å². The normalized spacial score (nSPS) is 23.9. The van der Waals surface area contributed by atoms with Gasteiger partial charge in [-0.05, 0) is 19.3 Å². The average Bonchev–Trinajstić information content (AvgIpc) is 3.09. The van der Waals surface area contributed by atoms with Crippen molar-refractivity contribution in [1.29, 1.82) is 0 Å². The van der Waals surface area contributed by atoms with Gasteiger partial charge in [0.2, 0.25) is 0 Å². The van der Waals surface area contributed by atoms with Gasteiger partial charge in [-0.25, -0.2) is 4.98 Å². The van der Waals surface area contributed by atoms with Crippen molar-refractivity contribution in [3.8, 4) is 0 Å². The maximum absolute atomic E-state index is 6.44. The van der Waals surface area contributed by atoms with Crippen molar-refractivity contribution in [3.63, 3.8) is 0 Å². The fourth-order valence-corrected chi connectivity index (χ4v) is 3.94. The van der Waals surface area contributed by atoms with E-state index >= 15 is 0 Å². The van der Waals surface area contributed by atoms with Gasteiger partial charge in [0.15, 0.2) is 5.13 Å². The Kier molecular flexibility index (Phi) is 4.05. The fraction of sp³-hybridized carbons (Fsp3) is 0.786. The summed E-state index contributed by atoms with van der Waals surface area (Å²) < 4.78 is 0. The Labute approximate surface area is 119 Å². The molecule has 0 radical (unpaired) electrons. The maximum atomic E-state index is 6.44. The summed E-state index contributed by atoms with van der Waals surface area (Å²) in [6, 6.07) is 0. The van der Waals surface area contributed by atoms with Crippen molar-refractivity contribution in [2.75, 3.05) is 37.6 Å². The minimum absolute atomic E-state index is 0.145. The first-order valence-corrected chi connectivity index (χ1v) is 8.29. The van der Waals surface area contributed by atoms with Crippen molar-refractivity contribution < 1.29 is 0 Å². The third-order valence-electron chi connectivity index (χ3n) is 4.59. The molecule has 1 saturated carbocycles. The number of aromatic nitrogens is 1. The summed E-state index contributed by atoms with van der Waals surface area (Å²) in [5.74, 6) is 0. The number of hydrogen-bond acceptors (Lipinski definition) is 5. The first-order valence-electron chi connectivity index (χ1n) is 7.41. The van der Waals surface area contributed by atoms with Gasteiger partial charge < -0.3 is 10.6 Å². The number of hydrogen-bond donors (Lipinski definition) is 1. The lowest BCUT2D eigenvalue weighted by molar-refractivity contribution is 0.227. The molecule has 2 N–H and O–H groups in total. The topological polar surface area (TPSA) is 45.4 Å². The van der Waals surface area contributed by atoms with Crippen LogP contribution in [-0.4, -0.2) is 48.1 Å². The van der Waals surface area contributed by atoms with Gasteiger partial charge in [-0.15, -0.1) is 11.3 Å². The van der Waals surface area contributed by atoms with Gasteiger partial charge in [-0.3, -0.25) is 4.90 Å². The lowest BCUT2D eigenvalue weighted by Crippen LogP contribution is -2.48. The Morgan fingerprint density at radius 2 is 1.95 bits per heavy atom. The average molecular weight is 280 g/mol. The van der Waals surface area contributed by atoms with E-state index in [9.17, 15) is 0 Å². The van der Waals surface area contributed by atoms with Crippen LogP contribution in [0.1, 0.15) is 32.1 Å². The number of nitrogens with zero attached hydrogens (tertiary/aromatic N) is 3. The molecule has 0 atom stereocenters. The second-order valence-corrected chi connectivity index (χ2v) is 6.84. The summed E-state index contributed by atoms with van der Waals surface area (Å²) in [5, 5.41) is 3.23. The summed E-state index contributed by atoms with van der Waals surface area (Å²) in [7, 11) is 0. The van der Waals surface area contributed by atoms with Crippen LogP contribution in [0.15, 0.2) is 11.6 Å². The molecule has 4 nitrogen and oxygen atoms in total. The highest BCUT2D eigenvalue weighted by Gasteiger charge is 2.30. The number of nitrogens with two attached hydrogens (primary N) is 1. The lowest BCUT2D eigenvalue weighted by Gasteiger charge is -2.36. The van der Waals surface area contributed by atoms with Crippen LogP contribution in [0.4, 0.5) is 5.13 Å². The zero-order valence-electron chi connectivity index (χ0n) is 11.6. The minimum atomic E-state index is 0.145. The molecule has 0 amide bonds. The molecule has 0 bridgehead atoms. The molecule has 1 aromatic heterocycles. The smallest absolute Gasteiger partial charge is 0.185 e. The Hall–Kier alpha value is -0.650. The molecule has 1 saturated heterocycles. The molecule has 2 fully saturated rings. The SMILES string of the molecule is NC1(CCN2CCN(c3nccs3)CC2)CCCC1. The molecule has 1 aliphatic carbocycles. The van der Waals surface area contributed by atoms with Crippen LogP contribution in [0.3, 0.4) is 0 Å². The predicted molar refractivity (Wildman–Crippen MR) is 80.8 cm³/mol. The van der Waals surface area contributed by atoms with Crippen LogP contribution in [0, 0.1) is 0 Å². The van der Waals surface area contributed by atoms with E-state index in [4.69, 9.17) is 5.73 Å². The third kappa shape index (κ3) is 3.27. The Balaban J connectivity index is 1.43. The first kappa shape index (κ1) is 13.3. The van der Waals surface area contributed by atoms with Crippen LogP contribution in [0.25, 0.3) is 0 Å². The van der Waals surface area contributed by atoms with Crippen molar-refractivity contribution in [2.45, 2.75) is 37.6 Å². The summed E-state index contributed by atoms with van der Waals surface area (Å²) >= 11 is 1.74. The third-order valence-corrected chi connectivity index (χ3v) is 5.42. The van der Waals surface area contributed by atoms with Crippen LogP contribution in [0.5, 0.6) is 0 Å². The van der Waals surface area contributed by atoms with Crippen LogP contribution in [-0.2, 0) is 0 Å². The molecule has 2 aliphatic rings. The quantitative estimate of drug-likeness (QED) is 0.915. The molecular weight excluding hydrogens is 256 g/mol.